The Balaban J connectivity index is 2.03. The lowest BCUT2D eigenvalue weighted by atomic mass is 10.0. The zero-order valence-electron chi connectivity index (χ0n) is 15.1. The maximum absolute atomic E-state index is 12.0. The molecule has 1 aromatic heterocycles. The van der Waals surface area contributed by atoms with E-state index in [1.54, 1.807) is 0 Å². The Morgan fingerprint density at radius 2 is 2.10 bits per heavy atom. The Morgan fingerprint density at radius 1 is 1.42 bits per heavy atom. The molecule has 1 aliphatic rings. The predicted molar refractivity (Wildman–Crippen MR) is 96.5 cm³/mol. The van der Waals surface area contributed by atoms with Gasteiger partial charge in [-0.15, -0.1) is 4.67 Å². The van der Waals surface area contributed by atoms with Gasteiger partial charge < -0.3 is 19.3 Å². The highest BCUT2D eigenvalue weighted by molar-refractivity contribution is 7.62. The Morgan fingerprint density at radius 3 is 2.71 bits per heavy atom. The van der Waals surface area contributed by atoms with Gasteiger partial charge in [0.25, 0.3) is 5.56 Å². The van der Waals surface area contributed by atoms with Crippen molar-refractivity contribution in [3.8, 4) is 0 Å². The van der Waals surface area contributed by atoms with Crippen LogP contribution in [0.4, 0.5) is 0 Å². The molecule has 174 valence electrons. The summed E-state index contributed by atoms with van der Waals surface area (Å²) < 4.78 is 36.7. The fourth-order valence-corrected chi connectivity index (χ4v) is 4.27. The van der Waals surface area contributed by atoms with E-state index in [-0.39, 0.29) is 5.56 Å². The van der Waals surface area contributed by atoms with Crippen molar-refractivity contribution in [1.82, 2.24) is 9.55 Å². The molecule has 18 nitrogen and oxygen atoms in total. The first-order chi connectivity index (χ1) is 14.5. The van der Waals surface area contributed by atoms with Crippen molar-refractivity contribution in [2.24, 2.45) is 12.2 Å². The Labute approximate surface area is 173 Å². The summed E-state index contributed by atoms with van der Waals surface area (Å²) in [5.41, 5.74) is -1.83. The number of H-pyrrole nitrogens is 1. The molecule has 0 radical (unpaired) electrons. The van der Waals surface area contributed by atoms with Gasteiger partial charge in [0.2, 0.25) is 0 Å². The molecule has 0 amide bonds. The van der Waals surface area contributed by atoms with Gasteiger partial charge in [-0.05, 0) is 0 Å². The molecule has 1 fully saturated rings. The molecule has 0 bridgehead atoms. The van der Waals surface area contributed by atoms with Crippen LogP contribution in [0, 0.1) is 4.91 Å². The summed E-state index contributed by atoms with van der Waals surface area (Å²) in [5, 5.41) is 20.9. The van der Waals surface area contributed by atoms with Crippen LogP contribution >= 0.6 is 25.0 Å². The first-order valence-corrected chi connectivity index (χ1v) is 11.5. The summed E-state index contributed by atoms with van der Waals surface area (Å²) in [6, 6.07) is -1.53. The van der Waals surface area contributed by atoms with Crippen LogP contribution in [0.25, 0.3) is 0 Å². The lowest BCUT2D eigenvalue weighted by Gasteiger charge is -2.15. The SMILES string of the molecule is Cn1cc(C2OC(CO[P+](O)(O)OP(O)OO[P+](=O)OO)C(N=O)C2O)c(=O)[nH]c1=O. The fraction of sp³-hybridized carbons (Fsp3) is 0.600. The zero-order valence-corrected chi connectivity index (χ0v) is 17.8. The van der Waals surface area contributed by atoms with Gasteiger partial charge in [0.15, 0.2) is 0 Å². The quantitative estimate of drug-likeness (QED) is 0.0903. The maximum Gasteiger partial charge on any atom is 0.760 e. The van der Waals surface area contributed by atoms with Crippen LogP contribution in [0.1, 0.15) is 11.7 Å². The average Bonchev–Trinajstić information content (AvgIpc) is 3.02. The van der Waals surface area contributed by atoms with E-state index in [1.165, 1.54) is 7.05 Å². The third kappa shape index (κ3) is 6.89. The van der Waals surface area contributed by atoms with Crippen molar-refractivity contribution in [2.45, 2.75) is 24.4 Å². The number of aryl methyl sites for hydroxylation is 1. The van der Waals surface area contributed by atoms with Crippen LogP contribution < -0.4 is 11.2 Å². The molecule has 6 N–H and O–H groups in total. The summed E-state index contributed by atoms with van der Waals surface area (Å²) >= 11 is 0. The highest BCUT2D eigenvalue weighted by Gasteiger charge is 2.51. The van der Waals surface area contributed by atoms with Crippen molar-refractivity contribution in [3.63, 3.8) is 0 Å². The number of nitrogens with zero attached hydrogens (tertiary/aromatic N) is 2. The lowest BCUT2D eigenvalue weighted by Crippen LogP contribution is -2.34. The van der Waals surface area contributed by atoms with Crippen molar-refractivity contribution in [3.05, 3.63) is 37.5 Å². The van der Waals surface area contributed by atoms with Gasteiger partial charge in [0, 0.05) is 17.8 Å². The minimum atomic E-state index is -4.83. The van der Waals surface area contributed by atoms with E-state index in [4.69, 9.17) is 9.99 Å². The first-order valence-electron chi connectivity index (χ1n) is 7.76. The Hall–Kier alpha value is -1.20. The molecular formula is C10H16N3O15P3+2. The monoisotopic (exact) mass is 511 g/mol. The van der Waals surface area contributed by atoms with Crippen molar-refractivity contribution in [1.29, 1.82) is 0 Å². The van der Waals surface area contributed by atoms with E-state index in [1.807, 2.05) is 4.98 Å². The van der Waals surface area contributed by atoms with Crippen LogP contribution in [-0.4, -0.2) is 59.5 Å². The normalized spacial score (nSPS) is 25.4. The molecule has 6 atom stereocenters. The van der Waals surface area contributed by atoms with Crippen molar-refractivity contribution < 1.29 is 57.2 Å². The minimum absolute atomic E-state index is 0.208. The smallest absolute Gasteiger partial charge is 0.388 e. The second-order valence-corrected chi connectivity index (χ2v) is 8.97. The summed E-state index contributed by atoms with van der Waals surface area (Å²) in [6.45, 7) is -0.827. The van der Waals surface area contributed by atoms with Crippen molar-refractivity contribution in [2.75, 3.05) is 6.61 Å². The summed E-state index contributed by atoms with van der Waals surface area (Å²) in [7, 11) is -9.95. The fourth-order valence-electron chi connectivity index (χ4n) is 2.43. The minimum Gasteiger partial charge on any atom is -0.388 e. The average molecular weight is 511 g/mol. The van der Waals surface area contributed by atoms with Crippen LogP contribution in [0.2, 0.25) is 0 Å². The van der Waals surface area contributed by atoms with E-state index in [2.05, 4.69) is 28.0 Å². The van der Waals surface area contributed by atoms with E-state index in [0.717, 1.165) is 10.8 Å². The van der Waals surface area contributed by atoms with Gasteiger partial charge in [0.1, 0.15) is 31.0 Å². The summed E-state index contributed by atoms with van der Waals surface area (Å²) in [5.74, 6) is 0. The number of nitroso groups, excluding NO2 is 1. The molecule has 21 heteroatoms. The van der Waals surface area contributed by atoms with Gasteiger partial charge in [-0.1, -0.05) is 9.49 Å². The zero-order chi connectivity index (χ0) is 23.3. The predicted octanol–water partition coefficient (Wildman–Crippen LogP) is -0.981. The number of nitrogens with one attached hydrogen (secondary N) is 1. The molecule has 0 aromatic carbocycles. The molecule has 1 aliphatic heterocycles. The second-order valence-electron chi connectivity index (χ2n) is 5.70. The molecule has 0 saturated carbocycles. The number of aromatic amines is 1. The van der Waals surface area contributed by atoms with Crippen LogP contribution in [0.15, 0.2) is 21.0 Å². The number of hydrogen-bond donors (Lipinski definition) is 6. The standard InChI is InChI=1S/C10H14N3O15P3/c1-13-2-4(9(15)11-10(13)16)8-7(14)6(12-17)5(24-8)3-23-31(21,22)28-30(20)27-26-29(19)25-18/h2,5-8,14,20-22H,3H2,1H3/p+2. The molecule has 0 aliphatic carbocycles. The molecule has 0 spiro atoms. The highest BCUT2D eigenvalue weighted by atomic mass is 31.3. The van der Waals surface area contributed by atoms with Gasteiger partial charge in [-0.25, -0.2) is 10.1 Å². The molecular weight excluding hydrogens is 495 g/mol. The highest BCUT2D eigenvalue weighted by Crippen LogP contribution is 2.62. The second kappa shape index (κ2) is 11.1. The van der Waals surface area contributed by atoms with E-state index >= 15 is 0 Å². The molecule has 6 unspecified atom stereocenters. The molecule has 2 heterocycles. The van der Waals surface area contributed by atoms with Gasteiger partial charge in [0.05, 0.1) is 14.9 Å². The third-order valence-corrected chi connectivity index (χ3v) is 6.28. The molecule has 1 aromatic rings. The number of aromatic nitrogens is 2. The van der Waals surface area contributed by atoms with Gasteiger partial charge in [-0.3, -0.25) is 9.78 Å². The number of ether oxygens (including phenoxy) is 1. The van der Waals surface area contributed by atoms with E-state index < -0.39 is 67.2 Å². The van der Waals surface area contributed by atoms with Crippen LogP contribution in [0.3, 0.4) is 0 Å². The topological polar surface area (TPSA) is 258 Å². The molecule has 1 saturated heterocycles. The number of aliphatic hydroxyl groups excluding tert-OH is 1. The summed E-state index contributed by atoms with van der Waals surface area (Å²) in [4.78, 5) is 65.2. The van der Waals surface area contributed by atoms with Crippen LogP contribution in [-0.2, 0) is 39.2 Å². The van der Waals surface area contributed by atoms with Crippen LogP contribution in [0.5, 0.6) is 0 Å². The van der Waals surface area contributed by atoms with E-state index in [9.17, 15) is 38.8 Å². The number of rotatable bonds is 11. The first kappa shape index (κ1) is 26.1. The Kier molecular flexibility index (Phi) is 9.32. The maximum atomic E-state index is 12.0. The van der Waals surface area contributed by atoms with Gasteiger partial charge in [-0.2, -0.15) is 19.2 Å². The lowest BCUT2D eigenvalue weighted by molar-refractivity contribution is -0.185. The number of hydrogen-bond acceptors (Lipinski definition) is 16. The molecule has 2 rings (SSSR count). The van der Waals surface area contributed by atoms with Gasteiger partial charge >= 0.3 is 30.7 Å². The molecule has 31 heavy (non-hydrogen) atoms. The Bertz CT molecular complexity index is 907. The van der Waals surface area contributed by atoms with E-state index in [0.29, 0.717) is 0 Å². The van der Waals surface area contributed by atoms with Crippen molar-refractivity contribution >= 4 is 25.0 Å². The summed E-state index contributed by atoms with van der Waals surface area (Å²) in [6.07, 6.45) is -3.40. The number of aliphatic hydroxyl groups is 1. The third-order valence-electron chi connectivity index (χ3n) is 3.73. The largest absolute Gasteiger partial charge is 0.760 e.